The molecular weight excluding hydrogens is 584 g/mol. The molecule has 0 spiro atoms. The SMILES string of the molecule is C#CCOCCOCCOCCOCCOCCOCc1cn(C2c3cc(C(=O)OC)ccc3N(C(C)=O)[C@@H](CC)[C@H]2C)nn1. The molecule has 0 fully saturated rings. The van der Waals surface area contributed by atoms with Gasteiger partial charge in [-0.15, -0.1) is 11.5 Å². The molecule has 3 rings (SSSR count). The molecule has 1 aliphatic heterocycles. The molecule has 13 heteroatoms. The fraction of sp³-hybridized carbons (Fsp3) is 0.625. The summed E-state index contributed by atoms with van der Waals surface area (Å²) in [6.07, 6.45) is 7.71. The Hall–Kier alpha value is -3.38. The Labute approximate surface area is 265 Å². The van der Waals surface area contributed by atoms with Gasteiger partial charge >= 0.3 is 5.97 Å². The van der Waals surface area contributed by atoms with Crippen LogP contribution in [0.25, 0.3) is 0 Å². The fourth-order valence-electron chi connectivity index (χ4n) is 5.32. The molecular formula is C32H46N4O9. The molecule has 0 radical (unpaired) electrons. The summed E-state index contributed by atoms with van der Waals surface area (Å²) >= 11 is 0. The van der Waals surface area contributed by atoms with Crippen molar-refractivity contribution >= 4 is 17.6 Å². The number of fused-ring (bicyclic) bond motifs is 1. The number of rotatable bonds is 21. The van der Waals surface area contributed by atoms with Crippen molar-refractivity contribution in [3.8, 4) is 12.3 Å². The van der Waals surface area contributed by atoms with E-state index in [1.165, 1.54) is 7.11 Å². The van der Waals surface area contributed by atoms with E-state index >= 15 is 0 Å². The second kappa shape index (κ2) is 19.9. The summed E-state index contributed by atoms with van der Waals surface area (Å²) in [6.45, 7) is 10.9. The van der Waals surface area contributed by atoms with Gasteiger partial charge in [-0.1, -0.05) is 25.0 Å². The second-order valence-corrected chi connectivity index (χ2v) is 10.4. The first-order chi connectivity index (χ1) is 21.9. The number of terminal acetylenes is 1. The van der Waals surface area contributed by atoms with Gasteiger partial charge in [-0.3, -0.25) is 4.79 Å². The van der Waals surface area contributed by atoms with Crippen LogP contribution >= 0.6 is 0 Å². The molecule has 0 saturated heterocycles. The van der Waals surface area contributed by atoms with E-state index < -0.39 is 5.97 Å². The number of aromatic nitrogens is 3. The Morgan fingerprint density at radius 1 is 0.911 bits per heavy atom. The highest BCUT2D eigenvalue weighted by Crippen LogP contribution is 2.44. The molecule has 3 atom stereocenters. The summed E-state index contributed by atoms with van der Waals surface area (Å²) < 4.78 is 39.5. The zero-order valence-electron chi connectivity index (χ0n) is 26.8. The molecule has 1 aliphatic rings. The molecule has 0 bridgehead atoms. The van der Waals surface area contributed by atoms with Crippen molar-refractivity contribution in [3.63, 3.8) is 0 Å². The lowest BCUT2D eigenvalue weighted by Gasteiger charge is -2.44. The van der Waals surface area contributed by atoms with Crippen LogP contribution in [-0.2, 0) is 44.6 Å². The van der Waals surface area contributed by atoms with Crippen LogP contribution < -0.4 is 4.90 Å². The zero-order chi connectivity index (χ0) is 32.4. The molecule has 1 aromatic carbocycles. The molecule has 0 N–H and O–H groups in total. The molecule has 45 heavy (non-hydrogen) atoms. The molecule has 1 unspecified atom stereocenters. The van der Waals surface area contributed by atoms with Crippen molar-refractivity contribution in [2.24, 2.45) is 5.92 Å². The van der Waals surface area contributed by atoms with Crippen molar-refractivity contribution in [1.82, 2.24) is 15.0 Å². The van der Waals surface area contributed by atoms with Crippen LogP contribution in [0, 0.1) is 18.3 Å². The summed E-state index contributed by atoms with van der Waals surface area (Å²) in [7, 11) is 1.35. The maximum absolute atomic E-state index is 12.7. The molecule has 0 aliphatic carbocycles. The fourth-order valence-corrected chi connectivity index (χ4v) is 5.32. The number of hydrogen-bond acceptors (Lipinski definition) is 11. The zero-order valence-corrected chi connectivity index (χ0v) is 26.8. The van der Waals surface area contributed by atoms with Crippen molar-refractivity contribution in [1.29, 1.82) is 0 Å². The van der Waals surface area contributed by atoms with Gasteiger partial charge in [0.15, 0.2) is 0 Å². The molecule has 13 nitrogen and oxygen atoms in total. The normalized spacial score (nSPS) is 17.6. The third kappa shape index (κ3) is 10.9. The van der Waals surface area contributed by atoms with E-state index in [0.717, 1.165) is 17.7 Å². The van der Waals surface area contributed by atoms with E-state index in [1.54, 1.807) is 23.7 Å². The first-order valence-corrected chi connectivity index (χ1v) is 15.3. The van der Waals surface area contributed by atoms with Crippen LogP contribution in [0.3, 0.4) is 0 Å². The van der Waals surface area contributed by atoms with E-state index in [9.17, 15) is 9.59 Å². The van der Waals surface area contributed by atoms with Crippen LogP contribution in [0.1, 0.15) is 54.8 Å². The first-order valence-electron chi connectivity index (χ1n) is 15.3. The number of anilines is 1. The third-order valence-electron chi connectivity index (χ3n) is 7.36. The van der Waals surface area contributed by atoms with Crippen molar-refractivity contribution < 1.29 is 42.7 Å². The first kappa shape index (κ1) is 36.1. The van der Waals surface area contributed by atoms with Gasteiger partial charge in [0.05, 0.1) is 97.6 Å². The summed E-state index contributed by atoms with van der Waals surface area (Å²) in [5, 5.41) is 8.73. The van der Waals surface area contributed by atoms with Gasteiger partial charge in [0.1, 0.15) is 12.3 Å². The number of nitrogens with zero attached hydrogens (tertiary/aromatic N) is 4. The number of hydrogen-bond donors (Lipinski definition) is 0. The Morgan fingerprint density at radius 3 is 2.02 bits per heavy atom. The highest BCUT2D eigenvalue weighted by molar-refractivity contribution is 5.96. The van der Waals surface area contributed by atoms with Crippen molar-refractivity contribution in [2.75, 3.05) is 84.7 Å². The Morgan fingerprint density at radius 2 is 1.49 bits per heavy atom. The predicted octanol–water partition coefficient (Wildman–Crippen LogP) is 2.67. The number of amides is 1. The molecule has 248 valence electrons. The van der Waals surface area contributed by atoms with E-state index in [-0.39, 0.29) is 30.5 Å². The van der Waals surface area contributed by atoms with Gasteiger partial charge in [0.25, 0.3) is 0 Å². The lowest BCUT2D eigenvalue weighted by Crippen LogP contribution is -2.49. The number of methoxy groups -OCH3 is 1. The Kier molecular flexibility index (Phi) is 16.0. The van der Waals surface area contributed by atoms with Crippen LogP contribution in [0.5, 0.6) is 0 Å². The number of ether oxygens (including phenoxy) is 7. The number of carbonyl (C=O) groups excluding carboxylic acids is 2. The van der Waals surface area contributed by atoms with Crippen LogP contribution in [0.15, 0.2) is 24.4 Å². The summed E-state index contributed by atoms with van der Waals surface area (Å²) in [5.41, 5.74) is 2.66. The van der Waals surface area contributed by atoms with Crippen LogP contribution in [-0.4, -0.2) is 113 Å². The Balaban J connectivity index is 1.38. The second-order valence-electron chi connectivity index (χ2n) is 10.4. The van der Waals surface area contributed by atoms with Gasteiger partial charge in [0, 0.05) is 30.1 Å². The molecule has 1 amide bonds. The maximum Gasteiger partial charge on any atom is 0.337 e. The Bertz CT molecular complexity index is 1230. The molecule has 1 aromatic heterocycles. The summed E-state index contributed by atoms with van der Waals surface area (Å²) in [6, 6.07) is 5.00. The summed E-state index contributed by atoms with van der Waals surface area (Å²) in [5.74, 6) is 1.91. The van der Waals surface area contributed by atoms with E-state index in [1.807, 2.05) is 17.2 Å². The van der Waals surface area contributed by atoms with Gasteiger partial charge < -0.3 is 38.1 Å². The van der Waals surface area contributed by atoms with Gasteiger partial charge in [-0.25, -0.2) is 9.48 Å². The van der Waals surface area contributed by atoms with E-state index in [4.69, 9.17) is 39.6 Å². The molecule has 2 aromatic rings. The van der Waals surface area contributed by atoms with Crippen molar-refractivity contribution in [3.05, 3.63) is 41.2 Å². The topological polar surface area (TPSA) is 133 Å². The van der Waals surface area contributed by atoms with Crippen molar-refractivity contribution in [2.45, 2.75) is 45.9 Å². The monoisotopic (exact) mass is 630 g/mol. The highest BCUT2D eigenvalue weighted by atomic mass is 16.6. The van der Waals surface area contributed by atoms with E-state index in [0.29, 0.717) is 83.9 Å². The minimum Gasteiger partial charge on any atom is -0.465 e. The average Bonchev–Trinajstić information content (AvgIpc) is 3.50. The highest BCUT2D eigenvalue weighted by Gasteiger charge is 2.41. The summed E-state index contributed by atoms with van der Waals surface area (Å²) in [4.78, 5) is 26.8. The van der Waals surface area contributed by atoms with Crippen LogP contribution in [0.4, 0.5) is 5.69 Å². The number of esters is 1. The largest absolute Gasteiger partial charge is 0.465 e. The van der Waals surface area contributed by atoms with Gasteiger partial charge in [-0.05, 0) is 24.6 Å². The third-order valence-corrected chi connectivity index (χ3v) is 7.36. The van der Waals surface area contributed by atoms with Gasteiger partial charge in [-0.2, -0.15) is 0 Å². The number of benzene rings is 1. The predicted molar refractivity (Wildman–Crippen MR) is 165 cm³/mol. The standard InChI is InChI=1S/C32H46N4O9/c1-6-10-40-11-12-41-13-14-42-15-16-43-17-18-44-19-20-45-23-27-22-35(34-33-27)31-24(3)29(7-2)36(25(4)37)30-9-8-26(21-28(30)31)32(38)39-5/h1,8-9,21-22,24,29,31H,7,10-20,23H2,2-5H3/t24-,29+,31?/m1/s1. The van der Waals surface area contributed by atoms with Crippen LogP contribution in [0.2, 0.25) is 0 Å². The number of carbonyl (C=O) groups is 2. The maximum atomic E-state index is 12.7. The molecule has 0 saturated carbocycles. The lowest BCUT2D eigenvalue weighted by molar-refractivity contribution is -0.117. The smallest absolute Gasteiger partial charge is 0.337 e. The quantitative estimate of drug-likeness (QED) is 0.115. The average molecular weight is 631 g/mol. The van der Waals surface area contributed by atoms with Gasteiger partial charge in [0.2, 0.25) is 5.91 Å². The molecule has 2 heterocycles. The minimum atomic E-state index is -0.441. The lowest BCUT2D eigenvalue weighted by atomic mass is 9.80. The van der Waals surface area contributed by atoms with E-state index in [2.05, 4.69) is 30.1 Å². The minimum absolute atomic E-state index is 0.00118.